The van der Waals surface area contributed by atoms with Crippen molar-refractivity contribution in [2.45, 2.75) is 51.0 Å². The maximum atomic E-state index is 12.4. The summed E-state index contributed by atoms with van der Waals surface area (Å²) in [5.74, 6) is 0.977. The van der Waals surface area contributed by atoms with Gasteiger partial charge in [0.15, 0.2) is 0 Å². The van der Waals surface area contributed by atoms with E-state index < -0.39 is 0 Å². The smallest absolute Gasteiger partial charge is 0.222 e. The lowest BCUT2D eigenvalue weighted by Crippen LogP contribution is -2.56. The van der Waals surface area contributed by atoms with Crippen LogP contribution in [0.3, 0.4) is 0 Å². The van der Waals surface area contributed by atoms with Crippen LogP contribution in [-0.2, 0) is 11.2 Å². The van der Waals surface area contributed by atoms with E-state index in [0.29, 0.717) is 30.7 Å². The number of carbonyl (C=O) groups is 1. The lowest BCUT2D eigenvalue weighted by molar-refractivity contribution is -0.141. The highest BCUT2D eigenvalue weighted by atomic mass is 32.1. The number of hydrogen-bond acceptors (Lipinski definition) is 3. The second-order valence-corrected chi connectivity index (χ2v) is 8.15. The van der Waals surface area contributed by atoms with Crippen LogP contribution in [0.25, 0.3) is 0 Å². The van der Waals surface area contributed by atoms with Gasteiger partial charge in [-0.25, -0.2) is 0 Å². The molecule has 2 aliphatic heterocycles. The number of halogens is 1. The SMILES string of the molecule is O=C1CC[C@H]2CN(CCCCCF)CC[C@H]2N1CCc1cccs1. The topological polar surface area (TPSA) is 23.6 Å². The molecular weight excluding hydrogens is 323 g/mol. The summed E-state index contributed by atoms with van der Waals surface area (Å²) in [6.45, 7) is 3.97. The lowest BCUT2D eigenvalue weighted by atomic mass is 9.83. The molecule has 1 amide bonds. The van der Waals surface area contributed by atoms with Crippen molar-refractivity contribution in [2.75, 3.05) is 32.9 Å². The highest BCUT2D eigenvalue weighted by molar-refractivity contribution is 7.09. The fraction of sp³-hybridized carbons (Fsp3) is 0.737. The van der Waals surface area contributed by atoms with E-state index in [0.717, 1.165) is 58.3 Å². The molecule has 3 nitrogen and oxygen atoms in total. The Kier molecular flexibility index (Phi) is 6.67. The van der Waals surface area contributed by atoms with Crippen LogP contribution in [0.5, 0.6) is 0 Å². The summed E-state index contributed by atoms with van der Waals surface area (Å²) in [4.78, 5) is 18.5. The molecule has 0 aliphatic carbocycles. The molecule has 134 valence electrons. The predicted octanol–water partition coefficient (Wildman–Crippen LogP) is 3.74. The Morgan fingerprint density at radius 3 is 2.92 bits per heavy atom. The predicted molar refractivity (Wildman–Crippen MR) is 97.1 cm³/mol. The first-order valence-corrected chi connectivity index (χ1v) is 10.3. The van der Waals surface area contributed by atoms with Gasteiger partial charge in [0, 0.05) is 37.0 Å². The van der Waals surface area contributed by atoms with Gasteiger partial charge in [-0.3, -0.25) is 9.18 Å². The molecule has 2 atom stereocenters. The Bertz CT molecular complexity index is 507. The molecule has 5 heteroatoms. The van der Waals surface area contributed by atoms with Gasteiger partial charge >= 0.3 is 0 Å². The second-order valence-electron chi connectivity index (χ2n) is 7.12. The first-order valence-electron chi connectivity index (χ1n) is 9.38. The minimum atomic E-state index is -0.188. The standard InChI is InChI=1S/C19H29FN2OS/c20-10-2-1-3-11-21-12-9-18-16(15-21)6-7-19(23)22(18)13-8-17-5-4-14-24-17/h4-5,14,16,18H,1-3,6-13,15H2/t16-,18+/m0/s1. The van der Waals surface area contributed by atoms with Crippen molar-refractivity contribution in [2.24, 2.45) is 5.92 Å². The molecule has 3 heterocycles. The van der Waals surface area contributed by atoms with Crippen LogP contribution in [0.2, 0.25) is 0 Å². The van der Waals surface area contributed by atoms with Crippen LogP contribution in [0, 0.1) is 5.92 Å². The molecule has 1 aromatic rings. The van der Waals surface area contributed by atoms with E-state index in [1.807, 2.05) is 0 Å². The highest BCUT2D eigenvalue weighted by Crippen LogP contribution is 2.31. The van der Waals surface area contributed by atoms with Gasteiger partial charge < -0.3 is 9.80 Å². The van der Waals surface area contributed by atoms with Crippen molar-refractivity contribution in [1.29, 1.82) is 0 Å². The van der Waals surface area contributed by atoms with E-state index in [9.17, 15) is 9.18 Å². The van der Waals surface area contributed by atoms with Crippen LogP contribution >= 0.6 is 11.3 Å². The number of carbonyl (C=O) groups excluding carboxylic acids is 1. The van der Waals surface area contributed by atoms with Crippen LogP contribution in [0.15, 0.2) is 17.5 Å². The zero-order chi connectivity index (χ0) is 16.8. The maximum absolute atomic E-state index is 12.4. The number of alkyl halides is 1. The first kappa shape index (κ1) is 17.9. The fourth-order valence-corrected chi connectivity index (χ4v) is 4.91. The van der Waals surface area contributed by atoms with E-state index in [1.165, 1.54) is 4.88 Å². The zero-order valence-corrected chi connectivity index (χ0v) is 15.3. The van der Waals surface area contributed by atoms with E-state index in [-0.39, 0.29) is 6.67 Å². The number of fused-ring (bicyclic) bond motifs is 1. The molecule has 2 fully saturated rings. The van der Waals surface area contributed by atoms with E-state index in [2.05, 4.69) is 27.3 Å². The number of unbranched alkanes of at least 4 members (excludes halogenated alkanes) is 2. The van der Waals surface area contributed by atoms with Gasteiger partial charge in [0.25, 0.3) is 0 Å². The lowest BCUT2D eigenvalue weighted by Gasteiger charge is -2.47. The molecule has 1 aromatic heterocycles. The van der Waals surface area contributed by atoms with Gasteiger partial charge in [0.2, 0.25) is 5.91 Å². The molecule has 2 aliphatic rings. The van der Waals surface area contributed by atoms with Crippen LogP contribution in [-0.4, -0.2) is 54.6 Å². The van der Waals surface area contributed by atoms with Gasteiger partial charge in [-0.1, -0.05) is 6.07 Å². The number of nitrogens with zero attached hydrogens (tertiary/aromatic N) is 2. The third kappa shape index (κ3) is 4.57. The summed E-state index contributed by atoms with van der Waals surface area (Å²) in [6.07, 6.45) is 6.63. The minimum absolute atomic E-state index is 0.188. The Hall–Kier alpha value is -0.940. The van der Waals surface area contributed by atoms with E-state index >= 15 is 0 Å². The third-order valence-electron chi connectivity index (χ3n) is 5.51. The van der Waals surface area contributed by atoms with Gasteiger partial charge in [-0.2, -0.15) is 0 Å². The zero-order valence-electron chi connectivity index (χ0n) is 14.5. The first-order chi connectivity index (χ1) is 11.8. The van der Waals surface area contributed by atoms with Crippen molar-refractivity contribution >= 4 is 17.2 Å². The normalized spacial score (nSPS) is 25.0. The summed E-state index contributed by atoms with van der Waals surface area (Å²) in [6, 6.07) is 4.69. The molecule has 0 N–H and O–H groups in total. The number of thiophene rings is 1. The van der Waals surface area contributed by atoms with E-state index in [4.69, 9.17) is 0 Å². The molecule has 0 aromatic carbocycles. The van der Waals surface area contributed by atoms with Crippen molar-refractivity contribution in [3.8, 4) is 0 Å². The minimum Gasteiger partial charge on any atom is -0.339 e. The molecule has 3 rings (SSSR count). The summed E-state index contributed by atoms with van der Waals surface area (Å²) in [5.41, 5.74) is 0. The van der Waals surface area contributed by atoms with Crippen molar-refractivity contribution in [1.82, 2.24) is 9.80 Å². The van der Waals surface area contributed by atoms with Crippen molar-refractivity contribution < 1.29 is 9.18 Å². The molecule has 24 heavy (non-hydrogen) atoms. The van der Waals surface area contributed by atoms with E-state index in [1.54, 1.807) is 11.3 Å². The van der Waals surface area contributed by atoms with Crippen molar-refractivity contribution in [3.63, 3.8) is 0 Å². The average Bonchev–Trinajstić information content (AvgIpc) is 3.11. The molecule has 0 saturated carbocycles. The largest absolute Gasteiger partial charge is 0.339 e. The number of piperidine rings is 2. The Morgan fingerprint density at radius 2 is 2.12 bits per heavy atom. The molecule has 0 unspecified atom stereocenters. The Morgan fingerprint density at radius 1 is 1.21 bits per heavy atom. The molecular formula is C19H29FN2OS. The molecule has 0 bridgehead atoms. The number of hydrogen-bond donors (Lipinski definition) is 0. The molecule has 0 radical (unpaired) electrons. The quantitative estimate of drug-likeness (QED) is 0.665. The Balaban J connectivity index is 1.50. The van der Waals surface area contributed by atoms with Gasteiger partial charge in [-0.05, 0) is 62.4 Å². The summed E-state index contributed by atoms with van der Waals surface area (Å²) in [5, 5.41) is 2.11. The maximum Gasteiger partial charge on any atom is 0.222 e. The average molecular weight is 353 g/mol. The van der Waals surface area contributed by atoms with Crippen LogP contribution < -0.4 is 0 Å². The summed E-state index contributed by atoms with van der Waals surface area (Å²) < 4.78 is 12.2. The van der Waals surface area contributed by atoms with Crippen LogP contribution in [0.1, 0.15) is 43.4 Å². The number of likely N-dealkylation sites (tertiary alicyclic amines) is 2. The highest BCUT2D eigenvalue weighted by Gasteiger charge is 2.38. The van der Waals surface area contributed by atoms with Crippen LogP contribution in [0.4, 0.5) is 4.39 Å². The second kappa shape index (κ2) is 8.95. The van der Waals surface area contributed by atoms with Gasteiger partial charge in [-0.15, -0.1) is 11.3 Å². The number of rotatable bonds is 8. The summed E-state index contributed by atoms with van der Waals surface area (Å²) in [7, 11) is 0. The fourth-order valence-electron chi connectivity index (χ4n) is 4.21. The van der Waals surface area contributed by atoms with Gasteiger partial charge in [0.05, 0.1) is 6.67 Å². The van der Waals surface area contributed by atoms with Gasteiger partial charge in [0.1, 0.15) is 0 Å². The molecule has 2 saturated heterocycles. The van der Waals surface area contributed by atoms with Crippen molar-refractivity contribution in [3.05, 3.63) is 22.4 Å². The molecule has 0 spiro atoms. The number of amides is 1. The summed E-state index contributed by atoms with van der Waals surface area (Å²) >= 11 is 1.78. The monoisotopic (exact) mass is 352 g/mol. The third-order valence-corrected chi connectivity index (χ3v) is 6.45. The Labute approximate surface area is 148 Å².